The molecular formula is C15H23N. The van der Waals surface area contributed by atoms with Gasteiger partial charge in [-0.05, 0) is 50.8 Å². The third kappa shape index (κ3) is 2.85. The fraction of sp³-hybridized carbons (Fsp3) is 0.600. The molecule has 2 rings (SSSR count). The van der Waals surface area contributed by atoms with E-state index in [2.05, 4.69) is 49.2 Å². The maximum atomic E-state index is 2.55. The molecule has 0 amide bonds. The van der Waals surface area contributed by atoms with Crippen molar-refractivity contribution in [2.75, 3.05) is 13.6 Å². The fourth-order valence-corrected chi connectivity index (χ4v) is 2.92. The highest BCUT2D eigenvalue weighted by Crippen LogP contribution is 2.25. The van der Waals surface area contributed by atoms with E-state index in [1.54, 1.807) is 0 Å². The summed E-state index contributed by atoms with van der Waals surface area (Å²) in [7, 11) is 2.28. The standard InChI is InChI=1S/C15H23N/c1-13-7-6-12-16(2)15(13)11-10-14-8-4-3-5-9-14/h3-5,8-9,13,15H,6-7,10-12H2,1-2H3. The van der Waals surface area contributed by atoms with Crippen LogP contribution in [0.15, 0.2) is 30.3 Å². The Labute approximate surface area is 99.5 Å². The number of hydrogen-bond donors (Lipinski definition) is 0. The largest absolute Gasteiger partial charge is 0.303 e. The molecule has 0 radical (unpaired) electrons. The van der Waals surface area contributed by atoms with Gasteiger partial charge in [0.25, 0.3) is 0 Å². The average Bonchev–Trinajstić information content (AvgIpc) is 2.30. The smallest absolute Gasteiger partial charge is 0.0121 e. The Balaban J connectivity index is 1.89. The molecule has 0 bridgehead atoms. The summed E-state index contributed by atoms with van der Waals surface area (Å²) in [5, 5.41) is 0. The second kappa shape index (κ2) is 5.49. The van der Waals surface area contributed by atoms with Gasteiger partial charge in [-0.2, -0.15) is 0 Å². The average molecular weight is 217 g/mol. The zero-order valence-electron chi connectivity index (χ0n) is 10.5. The predicted molar refractivity (Wildman–Crippen MR) is 69.6 cm³/mol. The maximum absolute atomic E-state index is 2.55. The Bertz CT molecular complexity index is 296. The van der Waals surface area contributed by atoms with Crippen LogP contribution in [0.5, 0.6) is 0 Å². The molecule has 1 aliphatic rings. The first kappa shape index (κ1) is 11.7. The molecule has 0 aromatic heterocycles. The topological polar surface area (TPSA) is 3.24 Å². The van der Waals surface area contributed by atoms with Crippen molar-refractivity contribution in [1.82, 2.24) is 4.90 Å². The van der Waals surface area contributed by atoms with Crippen LogP contribution in [0.25, 0.3) is 0 Å². The number of likely N-dealkylation sites (tertiary alicyclic amines) is 1. The quantitative estimate of drug-likeness (QED) is 0.750. The van der Waals surface area contributed by atoms with E-state index in [9.17, 15) is 0 Å². The van der Waals surface area contributed by atoms with Crippen LogP contribution >= 0.6 is 0 Å². The van der Waals surface area contributed by atoms with Crippen LogP contribution < -0.4 is 0 Å². The lowest BCUT2D eigenvalue weighted by Gasteiger charge is -2.37. The first-order chi connectivity index (χ1) is 7.77. The third-order valence-corrected chi connectivity index (χ3v) is 3.96. The maximum Gasteiger partial charge on any atom is 0.0121 e. The lowest BCUT2D eigenvalue weighted by molar-refractivity contribution is 0.123. The highest BCUT2D eigenvalue weighted by Gasteiger charge is 2.25. The molecule has 1 aromatic carbocycles. The second-order valence-electron chi connectivity index (χ2n) is 5.19. The van der Waals surface area contributed by atoms with Crippen LogP contribution in [0.3, 0.4) is 0 Å². The summed E-state index contributed by atoms with van der Waals surface area (Å²) in [6.07, 6.45) is 5.31. The lowest BCUT2D eigenvalue weighted by Crippen LogP contribution is -2.41. The number of rotatable bonds is 3. The van der Waals surface area contributed by atoms with E-state index in [4.69, 9.17) is 0 Å². The predicted octanol–water partition coefficient (Wildman–Crippen LogP) is 3.35. The molecule has 1 aromatic rings. The summed E-state index contributed by atoms with van der Waals surface area (Å²) in [4.78, 5) is 2.55. The molecule has 88 valence electrons. The van der Waals surface area contributed by atoms with Gasteiger partial charge < -0.3 is 4.90 Å². The van der Waals surface area contributed by atoms with Gasteiger partial charge >= 0.3 is 0 Å². The van der Waals surface area contributed by atoms with Gasteiger partial charge in [-0.3, -0.25) is 0 Å². The number of piperidine rings is 1. The third-order valence-electron chi connectivity index (χ3n) is 3.96. The van der Waals surface area contributed by atoms with Crippen LogP contribution in [0.4, 0.5) is 0 Å². The van der Waals surface area contributed by atoms with Gasteiger partial charge in [-0.15, -0.1) is 0 Å². The van der Waals surface area contributed by atoms with Crippen molar-refractivity contribution >= 4 is 0 Å². The minimum atomic E-state index is 0.786. The van der Waals surface area contributed by atoms with Gasteiger partial charge in [0, 0.05) is 6.04 Å². The molecule has 0 spiro atoms. The van der Waals surface area contributed by atoms with E-state index >= 15 is 0 Å². The Kier molecular flexibility index (Phi) is 4.00. The Hall–Kier alpha value is -0.820. The van der Waals surface area contributed by atoms with E-state index in [1.807, 2.05) is 0 Å². The Morgan fingerprint density at radius 2 is 2.00 bits per heavy atom. The van der Waals surface area contributed by atoms with Gasteiger partial charge in [-0.25, -0.2) is 0 Å². The van der Waals surface area contributed by atoms with Crippen molar-refractivity contribution in [2.45, 2.75) is 38.6 Å². The van der Waals surface area contributed by atoms with Gasteiger partial charge in [0.15, 0.2) is 0 Å². The van der Waals surface area contributed by atoms with Crippen molar-refractivity contribution < 1.29 is 0 Å². The minimum absolute atomic E-state index is 0.786. The fourth-order valence-electron chi connectivity index (χ4n) is 2.92. The number of benzene rings is 1. The molecule has 0 saturated carbocycles. The van der Waals surface area contributed by atoms with E-state index in [0.717, 1.165) is 12.0 Å². The first-order valence-corrected chi connectivity index (χ1v) is 6.51. The number of hydrogen-bond acceptors (Lipinski definition) is 1. The number of aryl methyl sites for hydroxylation is 1. The van der Waals surface area contributed by atoms with Crippen LogP contribution in [0, 0.1) is 5.92 Å². The minimum Gasteiger partial charge on any atom is -0.303 e. The zero-order valence-corrected chi connectivity index (χ0v) is 10.5. The molecule has 2 unspecified atom stereocenters. The summed E-state index contributed by atoms with van der Waals surface area (Å²) in [5.74, 6) is 0.863. The van der Waals surface area contributed by atoms with Crippen molar-refractivity contribution in [2.24, 2.45) is 5.92 Å². The summed E-state index contributed by atoms with van der Waals surface area (Å²) >= 11 is 0. The van der Waals surface area contributed by atoms with E-state index in [-0.39, 0.29) is 0 Å². The lowest BCUT2D eigenvalue weighted by atomic mass is 9.87. The summed E-state index contributed by atoms with van der Waals surface area (Å²) in [5.41, 5.74) is 1.48. The molecule has 1 aliphatic heterocycles. The van der Waals surface area contributed by atoms with Gasteiger partial charge in [0.05, 0.1) is 0 Å². The monoisotopic (exact) mass is 217 g/mol. The Morgan fingerprint density at radius 1 is 1.25 bits per heavy atom. The van der Waals surface area contributed by atoms with E-state index in [0.29, 0.717) is 0 Å². The highest BCUT2D eigenvalue weighted by molar-refractivity contribution is 5.14. The molecule has 1 fully saturated rings. The second-order valence-corrected chi connectivity index (χ2v) is 5.19. The summed E-state index contributed by atoms with van der Waals surface area (Å²) in [6, 6.07) is 11.7. The molecule has 1 heterocycles. The van der Waals surface area contributed by atoms with Crippen molar-refractivity contribution in [3.8, 4) is 0 Å². The molecule has 16 heavy (non-hydrogen) atoms. The summed E-state index contributed by atoms with van der Waals surface area (Å²) in [6.45, 7) is 3.69. The van der Waals surface area contributed by atoms with Gasteiger partial charge in [-0.1, -0.05) is 37.3 Å². The molecule has 2 atom stereocenters. The Morgan fingerprint density at radius 3 is 2.69 bits per heavy atom. The van der Waals surface area contributed by atoms with Crippen molar-refractivity contribution in [1.29, 1.82) is 0 Å². The van der Waals surface area contributed by atoms with Crippen molar-refractivity contribution in [3.63, 3.8) is 0 Å². The summed E-state index contributed by atoms with van der Waals surface area (Å²) < 4.78 is 0. The number of nitrogens with zero attached hydrogens (tertiary/aromatic N) is 1. The van der Waals surface area contributed by atoms with Crippen molar-refractivity contribution in [3.05, 3.63) is 35.9 Å². The SMILES string of the molecule is CC1CCCN(C)C1CCc1ccccc1. The van der Waals surface area contributed by atoms with E-state index < -0.39 is 0 Å². The normalized spacial score (nSPS) is 26.9. The molecule has 1 saturated heterocycles. The van der Waals surface area contributed by atoms with Crippen LogP contribution in [-0.4, -0.2) is 24.5 Å². The highest BCUT2D eigenvalue weighted by atomic mass is 15.1. The van der Waals surface area contributed by atoms with Crippen LogP contribution in [-0.2, 0) is 6.42 Å². The first-order valence-electron chi connectivity index (χ1n) is 6.51. The van der Waals surface area contributed by atoms with Gasteiger partial charge in [0.1, 0.15) is 0 Å². The molecular weight excluding hydrogens is 194 g/mol. The molecule has 1 heteroatoms. The van der Waals surface area contributed by atoms with Crippen LogP contribution in [0.1, 0.15) is 31.7 Å². The molecule has 0 aliphatic carbocycles. The molecule has 0 N–H and O–H groups in total. The zero-order chi connectivity index (χ0) is 11.4. The van der Waals surface area contributed by atoms with E-state index in [1.165, 1.54) is 37.8 Å². The van der Waals surface area contributed by atoms with Gasteiger partial charge in [0.2, 0.25) is 0 Å². The molecule has 1 nitrogen and oxygen atoms in total. The van der Waals surface area contributed by atoms with Crippen LogP contribution in [0.2, 0.25) is 0 Å².